The third kappa shape index (κ3) is 2.88. The fourth-order valence-electron chi connectivity index (χ4n) is 1.54. The van der Waals surface area contributed by atoms with Crippen molar-refractivity contribution in [3.63, 3.8) is 0 Å². The second-order valence-corrected chi connectivity index (χ2v) is 6.55. The van der Waals surface area contributed by atoms with Gasteiger partial charge >= 0.3 is 0 Å². The third-order valence-electron chi connectivity index (χ3n) is 2.44. The van der Waals surface area contributed by atoms with Gasteiger partial charge in [0, 0.05) is 21.8 Å². The lowest BCUT2D eigenvalue weighted by molar-refractivity contribution is 0.425. The van der Waals surface area contributed by atoms with Crippen LogP contribution in [0.25, 0.3) is 11.3 Å². The Hall–Kier alpha value is -1.40. The molecule has 0 aliphatic carbocycles. The van der Waals surface area contributed by atoms with E-state index in [9.17, 15) is 12.8 Å². The van der Waals surface area contributed by atoms with Crippen molar-refractivity contribution in [2.24, 2.45) is 0 Å². The van der Waals surface area contributed by atoms with E-state index in [-0.39, 0.29) is 11.5 Å². The molecule has 0 spiro atoms. The average molecular weight is 290 g/mol. The standard InChI is InChI=1S/C11H9ClFNO3S/c1-7-10(6-18(12,15)16)14-17-11(7)8-2-4-9(13)5-3-8/h2-5H,6H2,1H3. The van der Waals surface area contributed by atoms with Crippen LogP contribution in [0.1, 0.15) is 11.3 Å². The lowest BCUT2D eigenvalue weighted by Crippen LogP contribution is -1.97. The lowest BCUT2D eigenvalue weighted by Gasteiger charge is -1.97. The molecule has 0 atom stereocenters. The van der Waals surface area contributed by atoms with Gasteiger partial charge in [0.25, 0.3) is 0 Å². The molecule has 1 heterocycles. The molecule has 0 fully saturated rings. The Bertz CT molecular complexity index is 664. The summed E-state index contributed by atoms with van der Waals surface area (Å²) in [5, 5.41) is 3.67. The number of nitrogens with zero attached hydrogens (tertiary/aromatic N) is 1. The summed E-state index contributed by atoms with van der Waals surface area (Å²) in [7, 11) is 1.47. The number of aromatic nitrogens is 1. The summed E-state index contributed by atoms with van der Waals surface area (Å²) in [6.07, 6.45) is 0. The molecule has 0 unspecified atom stereocenters. The molecular weight excluding hydrogens is 281 g/mol. The van der Waals surface area contributed by atoms with Crippen LogP contribution in [0.5, 0.6) is 0 Å². The molecule has 0 N–H and O–H groups in total. The SMILES string of the molecule is Cc1c(CS(=O)(=O)Cl)noc1-c1ccc(F)cc1. The Balaban J connectivity index is 2.39. The molecule has 0 saturated carbocycles. The van der Waals surface area contributed by atoms with Crippen LogP contribution >= 0.6 is 10.7 Å². The molecule has 18 heavy (non-hydrogen) atoms. The number of hydrogen-bond donors (Lipinski definition) is 0. The summed E-state index contributed by atoms with van der Waals surface area (Å²) in [6, 6.07) is 5.63. The van der Waals surface area contributed by atoms with E-state index in [4.69, 9.17) is 15.2 Å². The highest BCUT2D eigenvalue weighted by molar-refractivity contribution is 8.13. The van der Waals surface area contributed by atoms with E-state index >= 15 is 0 Å². The maximum Gasteiger partial charge on any atom is 0.238 e. The van der Waals surface area contributed by atoms with Crippen LogP contribution < -0.4 is 0 Å². The molecule has 0 amide bonds. The van der Waals surface area contributed by atoms with Gasteiger partial charge in [-0.3, -0.25) is 0 Å². The van der Waals surface area contributed by atoms with E-state index in [1.165, 1.54) is 24.3 Å². The van der Waals surface area contributed by atoms with Crippen molar-refractivity contribution in [2.75, 3.05) is 0 Å². The maximum atomic E-state index is 12.8. The summed E-state index contributed by atoms with van der Waals surface area (Å²) in [5.41, 5.74) is 1.45. The average Bonchev–Trinajstić information content (AvgIpc) is 2.60. The van der Waals surface area contributed by atoms with Crippen molar-refractivity contribution in [3.8, 4) is 11.3 Å². The largest absolute Gasteiger partial charge is 0.356 e. The van der Waals surface area contributed by atoms with Crippen LogP contribution in [0.2, 0.25) is 0 Å². The molecule has 4 nitrogen and oxygen atoms in total. The van der Waals surface area contributed by atoms with Gasteiger partial charge in [-0.25, -0.2) is 12.8 Å². The predicted molar refractivity (Wildman–Crippen MR) is 65.1 cm³/mol. The van der Waals surface area contributed by atoms with Crippen molar-refractivity contribution in [1.29, 1.82) is 0 Å². The highest BCUT2D eigenvalue weighted by atomic mass is 35.7. The minimum Gasteiger partial charge on any atom is -0.356 e. The van der Waals surface area contributed by atoms with Gasteiger partial charge in [0.1, 0.15) is 17.3 Å². The number of benzene rings is 1. The van der Waals surface area contributed by atoms with Gasteiger partial charge in [0.05, 0.1) is 0 Å². The molecule has 7 heteroatoms. The molecule has 0 saturated heterocycles. The predicted octanol–water partition coefficient (Wildman–Crippen LogP) is 2.86. The Morgan fingerprint density at radius 2 is 1.94 bits per heavy atom. The Labute approximate surface area is 108 Å². The monoisotopic (exact) mass is 289 g/mol. The minimum atomic E-state index is -3.69. The van der Waals surface area contributed by atoms with E-state index in [0.29, 0.717) is 16.9 Å². The topological polar surface area (TPSA) is 60.2 Å². The summed E-state index contributed by atoms with van der Waals surface area (Å²) in [4.78, 5) is 0. The maximum absolute atomic E-state index is 12.8. The molecule has 96 valence electrons. The highest BCUT2D eigenvalue weighted by Crippen LogP contribution is 2.27. The molecule has 0 bridgehead atoms. The molecule has 1 aromatic heterocycles. The lowest BCUT2D eigenvalue weighted by atomic mass is 10.1. The van der Waals surface area contributed by atoms with Crippen LogP contribution in [0, 0.1) is 12.7 Å². The number of hydrogen-bond acceptors (Lipinski definition) is 4. The van der Waals surface area contributed by atoms with Crippen LogP contribution in [0.15, 0.2) is 28.8 Å². The molecule has 2 rings (SSSR count). The van der Waals surface area contributed by atoms with Crippen molar-refractivity contribution in [1.82, 2.24) is 5.16 Å². The van der Waals surface area contributed by atoms with Crippen molar-refractivity contribution < 1.29 is 17.3 Å². The smallest absolute Gasteiger partial charge is 0.238 e. The van der Waals surface area contributed by atoms with E-state index in [1.807, 2.05) is 0 Å². The summed E-state index contributed by atoms with van der Waals surface area (Å²) >= 11 is 0. The third-order valence-corrected chi connectivity index (χ3v) is 3.38. The summed E-state index contributed by atoms with van der Waals surface area (Å²) in [5.74, 6) is -0.352. The van der Waals surface area contributed by atoms with Gasteiger partial charge in [-0.1, -0.05) is 5.16 Å². The van der Waals surface area contributed by atoms with E-state index < -0.39 is 14.8 Å². The quantitative estimate of drug-likeness (QED) is 0.815. The molecular formula is C11H9ClFNO3S. The Morgan fingerprint density at radius 1 is 1.33 bits per heavy atom. The Morgan fingerprint density at radius 3 is 2.50 bits per heavy atom. The summed E-state index contributed by atoms with van der Waals surface area (Å²) < 4.78 is 39.8. The van der Waals surface area contributed by atoms with Crippen molar-refractivity contribution in [3.05, 3.63) is 41.3 Å². The number of halogens is 2. The first-order valence-electron chi connectivity index (χ1n) is 5.00. The molecule has 2 aromatic rings. The minimum absolute atomic E-state index is 0.254. The van der Waals surface area contributed by atoms with Crippen molar-refractivity contribution >= 4 is 19.7 Å². The van der Waals surface area contributed by atoms with Gasteiger partial charge in [0.15, 0.2) is 5.76 Å². The van der Waals surface area contributed by atoms with E-state index in [2.05, 4.69) is 5.16 Å². The second-order valence-electron chi connectivity index (χ2n) is 3.77. The normalized spacial score (nSPS) is 11.7. The molecule has 0 radical (unpaired) electrons. The zero-order valence-corrected chi connectivity index (χ0v) is 10.9. The van der Waals surface area contributed by atoms with Gasteiger partial charge < -0.3 is 4.52 Å². The van der Waals surface area contributed by atoms with Gasteiger partial charge in [-0.2, -0.15) is 0 Å². The van der Waals surface area contributed by atoms with Crippen molar-refractivity contribution in [2.45, 2.75) is 12.7 Å². The molecule has 0 aliphatic heterocycles. The van der Waals surface area contributed by atoms with Gasteiger partial charge in [-0.05, 0) is 31.2 Å². The van der Waals surface area contributed by atoms with Gasteiger partial charge in [0.2, 0.25) is 9.05 Å². The van der Waals surface area contributed by atoms with Crippen LogP contribution in [0.4, 0.5) is 4.39 Å². The fourth-order valence-corrected chi connectivity index (χ4v) is 2.44. The van der Waals surface area contributed by atoms with Crippen LogP contribution in [-0.2, 0) is 14.8 Å². The number of rotatable bonds is 3. The first-order valence-corrected chi connectivity index (χ1v) is 7.48. The second kappa shape index (κ2) is 4.70. The molecule has 0 aliphatic rings. The van der Waals surface area contributed by atoms with Crippen LogP contribution in [-0.4, -0.2) is 13.6 Å². The summed E-state index contributed by atoms with van der Waals surface area (Å²) in [6.45, 7) is 1.67. The first kappa shape index (κ1) is 13.0. The highest BCUT2D eigenvalue weighted by Gasteiger charge is 2.18. The van der Waals surface area contributed by atoms with Gasteiger partial charge in [-0.15, -0.1) is 0 Å². The fraction of sp³-hybridized carbons (Fsp3) is 0.182. The zero-order chi connectivity index (χ0) is 13.3. The Kier molecular flexibility index (Phi) is 3.41. The van der Waals surface area contributed by atoms with E-state index in [1.54, 1.807) is 6.92 Å². The zero-order valence-electron chi connectivity index (χ0n) is 9.35. The van der Waals surface area contributed by atoms with E-state index in [0.717, 1.165) is 0 Å². The van der Waals surface area contributed by atoms with Crippen LogP contribution in [0.3, 0.4) is 0 Å². The first-order chi connectivity index (χ1) is 8.37. The molecule has 1 aromatic carbocycles.